The lowest BCUT2D eigenvalue weighted by Crippen LogP contribution is -2.16. The molecule has 0 saturated heterocycles. The predicted molar refractivity (Wildman–Crippen MR) is 48.0 cm³/mol. The molecule has 1 aliphatic rings. The summed E-state index contributed by atoms with van der Waals surface area (Å²) in [5.41, 5.74) is -0.189. The van der Waals surface area contributed by atoms with Crippen LogP contribution in [-0.2, 0) is 4.79 Å². The summed E-state index contributed by atoms with van der Waals surface area (Å²) < 4.78 is 0. The second kappa shape index (κ2) is 2.72. The van der Waals surface area contributed by atoms with Gasteiger partial charge in [0, 0.05) is 0 Å². The van der Waals surface area contributed by atoms with Crippen molar-refractivity contribution in [2.24, 2.45) is 5.41 Å². The Kier molecular flexibility index (Phi) is 1.90. The van der Waals surface area contributed by atoms with Crippen LogP contribution in [0, 0.1) is 30.1 Å². The number of hydrogen-bond donors (Lipinski definition) is 0. The van der Waals surface area contributed by atoms with E-state index in [0.29, 0.717) is 5.57 Å². The first-order chi connectivity index (χ1) is 5.63. The zero-order valence-electron chi connectivity index (χ0n) is 6.79. The zero-order chi connectivity index (χ0) is 9.19. The summed E-state index contributed by atoms with van der Waals surface area (Å²) in [6, 6.07) is 0. The molecule has 0 aromatic carbocycles. The first-order valence-electron chi connectivity index (χ1n) is 3.52. The van der Waals surface area contributed by atoms with Crippen molar-refractivity contribution >= 4 is 5.78 Å². The van der Waals surface area contributed by atoms with Crippen LogP contribution in [0.15, 0.2) is 23.8 Å². The van der Waals surface area contributed by atoms with E-state index in [1.165, 1.54) is 6.08 Å². The van der Waals surface area contributed by atoms with Crippen LogP contribution in [0.1, 0.15) is 6.92 Å². The van der Waals surface area contributed by atoms with E-state index in [9.17, 15) is 4.79 Å². The second-order valence-corrected chi connectivity index (χ2v) is 2.68. The Hall–Kier alpha value is -1.73. The van der Waals surface area contributed by atoms with Gasteiger partial charge < -0.3 is 0 Å². The third-order valence-electron chi connectivity index (χ3n) is 1.81. The van der Waals surface area contributed by atoms with Crippen molar-refractivity contribution in [3.63, 3.8) is 0 Å². The van der Waals surface area contributed by atoms with Gasteiger partial charge in [-0.15, -0.1) is 12.8 Å². The van der Waals surface area contributed by atoms with Gasteiger partial charge in [-0.3, -0.25) is 4.79 Å². The van der Waals surface area contributed by atoms with Crippen LogP contribution in [-0.4, -0.2) is 5.78 Å². The molecule has 0 saturated carbocycles. The van der Waals surface area contributed by atoms with Crippen molar-refractivity contribution < 1.29 is 4.79 Å². The van der Waals surface area contributed by atoms with E-state index in [1.54, 1.807) is 19.1 Å². The average Bonchev–Trinajstić information content (AvgIpc) is 2.10. The van der Waals surface area contributed by atoms with Gasteiger partial charge in [-0.1, -0.05) is 11.8 Å². The zero-order valence-corrected chi connectivity index (χ0v) is 6.79. The number of terminal acetylenes is 2. The molecule has 0 unspecified atom stereocenters. The van der Waals surface area contributed by atoms with E-state index in [4.69, 9.17) is 12.8 Å². The molecule has 0 amide bonds. The number of rotatable bonds is 0. The summed E-state index contributed by atoms with van der Waals surface area (Å²) in [5.74, 6) is 4.90. The molecule has 0 aliphatic heterocycles. The molecule has 0 bridgehead atoms. The average molecular weight is 156 g/mol. The van der Waals surface area contributed by atoms with Gasteiger partial charge in [0.25, 0.3) is 0 Å². The number of hydrogen-bond acceptors (Lipinski definition) is 1. The molecule has 58 valence electrons. The van der Waals surface area contributed by atoms with E-state index in [-0.39, 0.29) is 5.78 Å². The molecule has 1 rings (SSSR count). The maximum atomic E-state index is 11.0. The smallest absolute Gasteiger partial charge is 0.181 e. The van der Waals surface area contributed by atoms with Crippen molar-refractivity contribution in [1.82, 2.24) is 0 Å². The largest absolute Gasteiger partial charge is 0.290 e. The van der Waals surface area contributed by atoms with Gasteiger partial charge in [0.1, 0.15) is 5.41 Å². The molecule has 1 nitrogen and oxygen atoms in total. The van der Waals surface area contributed by atoms with Crippen LogP contribution in [0.4, 0.5) is 0 Å². The molecule has 0 N–H and O–H groups in total. The monoisotopic (exact) mass is 156 g/mol. The lowest BCUT2D eigenvalue weighted by Gasteiger charge is -2.17. The molecule has 0 atom stereocenters. The Morgan fingerprint density at radius 2 is 2.00 bits per heavy atom. The van der Waals surface area contributed by atoms with Gasteiger partial charge in [0.2, 0.25) is 0 Å². The van der Waals surface area contributed by atoms with Crippen LogP contribution in [0.3, 0.4) is 0 Å². The van der Waals surface area contributed by atoms with Crippen LogP contribution >= 0.6 is 0 Å². The summed E-state index contributed by atoms with van der Waals surface area (Å²) >= 11 is 0. The van der Waals surface area contributed by atoms with Gasteiger partial charge in [-0.25, -0.2) is 0 Å². The molecule has 0 aromatic rings. The summed E-state index contributed by atoms with van der Waals surface area (Å²) in [4.78, 5) is 11.0. The van der Waals surface area contributed by atoms with Crippen LogP contribution in [0.2, 0.25) is 0 Å². The van der Waals surface area contributed by atoms with Crippen LogP contribution < -0.4 is 0 Å². The highest BCUT2D eigenvalue weighted by molar-refractivity contribution is 6.05. The van der Waals surface area contributed by atoms with Gasteiger partial charge in [-0.05, 0) is 30.7 Å². The maximum Gasteiger partial charge on any atom is 0.181 e. The van der Waals surface area contributed by atoms with E-state index in [0.717, 1.165) is 0 Å². The molecular weight excluding hydrogens is 148 g/mol. The Labute approximate surface area is 72.2 Å². The summed E-state index contributed by atoms with van der Waals surface area (Å²) in [6.45, 7) is 1.70. The molecule has 0 heterocycles. The maximum absolute atomic E-state index is 11.0. The fraction of sp³-hybridized carbons (Fsp3) is 0.182. The Morgan fingerprint density at radius 3 is 2.42 bits per heavy atom. The molecule has 12 heavy (non-hydrogen) atoms. The number of ketones is 1. The SMILES string of the molecule is C#CC1(C#C)C=CC(=O)C(C)=C1. The third kappa shape index (κ3) is 1.18. The van der Waals surface area contributed by atoms with Gasteiger partial charge in [0.05, 0.1) is 0 Å². The van der Waals surface area contributed by atoms with Gasteiger partial charge >= 0.3 is 0 Å². The highest BCUT2D eigenvalue weighted by atomic mass is 16.1. The summed E-state index contributed by atoms with van der Waals surface area (Å²) in [6.07, 6.45) is 15.1. The standard InChI is InChI=1S/C11H8O/c1-4-11(5-2)7-6-10(12)9(3)8-11/h1-2,6-8H,3H3. The Morgan fingerprint density at radius 1 is 1.42 bits per heavy atom. The van der Waals surface area contributed by atoms with Crippen LogP contribution in [0.5, 0.6) is 0 Å². The lowest BCUT2D eigenvalue weighted by atomic mass is 9.83. The molecule has 1 aliphatic carbocycles. The van der Waals surface area contributed by atoms with Crippen molar-refractivity contribution in [3.05, 3.63) is 23.8 Å². The molecule has 1 heteroatoms. The van der Waals surface area contributed by atoms with Crippen molar-refractivity contribution in [2.75, 3.05) is 0 Å². The first kappa shape index (κ1) is 8.37. The summed E-state index contributed by atoms with van der Waals surface area (Å²) in [5, 5.41) is 0. The number of allylic oxidation sites excluding steroid dienone is 4. The molecule has 0 fully saturated rings. The second-order valence-electron chi connectivity index (χ2n) is 2.68. The normalized spacial score (nSPS) is 19.2. The van der Waals surface area contributed by atoms with Crippen molar-refractivity contribution in [1.29, 1.82) is 0 Å². The van der Waals surface area contributed by atoms with E-state index in [2.05, 4.69) is 11.8 Å². The highest BCUT2D eigenvalue weighted by Gasteiger charge is 2.23. The molecule has 0 radical (unpaired) electrons. The lowest BCUT2D eigenvalue weighted by molar-refractivity contribution is -0.111. The predicted octanol–water partition coefficient (Wildman–Crippen LogP) is 1.32. The molecule has 0 aromatic heterocycles. The van der Waals surface area contributed by atoms with Crippen molar-refractivity contribution in [3.8, 4) is 24.7 Å². The minimum absolute atomic E-state index is 0.0314. The van der Waals surface area contributed by atoms with E-state index in [1.807, 2.05) is 0 Å². The highest BCUT2D eigenvalue weighted by Crippen LogP contribution is 2.25. The number of carbonyl (C=O) groups excluding carboxylic acids is 1. The third-order valence-corrected chi connectivity index (χ3v) is 1.81. The Balaban J connectivity index is 3.18. The van der Waals surface area contributed by atoms with E-state index >= 15 is 0 Å². The van der Waals surface area contributed by atoms with Crippen molar-refractivity contribution in [2.45, 2.75) is 6.92 Å². The quantitative estimate of drug-likeness (QED) is 0.483. The molecular formula is C11H8O. The topological polar surface area (TPSA) is 17.1 Å². The fourth-order valence-electron chi connectivity index (χ4n) is 1.02. The molecule has 0 spiro atoms. The minimum atomic E-state index is -0.794. The Bertz CT molecular complexity index is 341. The van der Waals surface area contributed by atoms with E-state index < -0.39 is 5.41 Å². The van der Waals surface area contributed by atoms with Crippen LogP contribution in [0.25, 0.3) is 0 Å². The van der Waals surface area contributed by atoms with Gasteiger partial charge in [-0.2, -0.15) is 0 Å². The summed E-state index contributed by atoms with van der Waals surface area (Å²) in [7, 11) is 0. The fourth-order valence-corrected chi connectivity index (χ4v) is 1.02. The van der Waals surface area contributed by atoms with Gasteiger partial charge in [0.15, 0.2) is 5.78 Å². The number of carbonyl (C=O) groups is 1. The minimum Gasteiger partial charge on any atom is -0.290 e. The first-order valence-corrected chi connectivity index (χ1v) is 3.52.